The van der Waals surface area contributed by atoms with Gasteiger partial charge in [-0.1, -0.05) is 18.2 Å². The van der Waals surface area contributed by atoms with Crippen LogP contribution in [0.15, 0.2) is 24.3 Å². The van der Waals surface area contributed by atoms with E-state index in [0.717, 1.165) is 10.7 Å². The Morgan fingerprint density at radius 3 is 2.86 bits per heavy atom. The Morgan fingerprint density at radius 1 is 1.43 bits per heavy atom. The molecule has 2 heterocycles. The molecule has 2 atom stereocenters. The topological polar surface area (TPSA) is 69.6 Å². The molecule has 0 aromatic heterocycles. The number of carbonyl (C=O) groups is 2. The van der Waals surface area contributed by atoms with Crippen LogP contribution >= 0.6 is 11.8 Å². The molecule has 112 valence electrons. The number of nitrogens with one attached hydrogen (secondary N) is 1. The number of β-amino-alcohol motifs (C(OH)–C–C–N with tert-alkyl or cyclic N) is 1. The Morgan fingerprint density at radius 2 is 2.19 bits per heavy atom. The predicted octanol–water partition coefficient (Wildman–Crippen LogP) is 1.29. The van der Waals surface area contributed by atoms with Gasteiger partial charge in [0.15, 0.2) is 0 Å². The smallest absolute Gasteiger partial charge is 0.325 e. The number of nitrogens with zero attached hydrogens (tertiary/aromatic N) is 1. The summed E-state index contributed by atoms with van der Waals surface area (Å²) in [7, 11) is 0. The highest BCUT2D eigenvalue weighted by molar-refractivity contribution is 7.99. The van der Waals surface area contributed by atoms with Crippen LogP contribution < -0.4 is 5.32 Å². The molecule has 0 aliphatic carbocycles. The minimum atomic E-state index is -1.23. The summed E-state index contributed by atoms with van der Waals surface area (Å²) < 4.78 is 13.6. The van der Waals surface area contributed by atoms with Gasteiger partial charge < -0.3 is 10.4 Å². The lowest BCUT2D eigenvalue weighted by Crippen LogP contribution is -2.47. The van der Waals surface area contributed by atoms with Crippen molar-refractivity contribution in [2.75, 3.05) is 18.1 Å². The molecule has 21 heavy (non-hydrogen) atoms. The van der Waals surface area contributed by atoms with Crippen molar-refractivity contribution in [1.29, 1.82) is 0 Å². The van der Waals surface area contributed by atoms with E-state index in [1.807, 2.05) is 0 Å². The standard InChI is InChI=1S/C14H15FN2O3S/c15-10-4-2-1-3-9(10)11(18)7-17-12(19)14(16-13(17)20)5-6-21-8-14/h1-4,11,18H,5-8H2,(H,16,20)/t11-,14-/m1/s1. The molecule has 5 nitrogen and oxygen atoms in total. The SMILES string of the molecule is O=C1N[C@@]2(CCSC2)C(=O)N1C[C@@H](O)c1ccccc1F. The Bertz CT molecular complexity index is 589. The minimum Gasteiger partial charge on any atom is -0.386 e. The maximum atomic E-state index is 13.6. The quantitative estimate of drug-likeness (QED) is 0.825. The molecule has 7 heteroatoms. The number of halogens is 1. The van der Waals surface area contributed by atoms with Gasteiger partial charge in [0.25, 0.3) is 5.91 Å². The first-order valence-electron chi connectivity index (χ1n) is 6.68. The Hall–Kier alpha value is -1.60. The number of benzene rings is 1. The fourth-order valence-corrected chi connectivity index (χ4v) is 4.02. The Balaban J connectivity index is 1.77. The van der Waals surface area contributed by atoms with Crippen molar-refractivity contribution >= 4 is 23.7 Å². The van der Waals surface area contributed by atoms with Crippen molar-refractivity contribution in [2.45, 2.75) is 18.1 Å². The van der Waals surface area contributed by atoms with Crippen LogP contribution in [0.2, 0.25) is 0 Å². The molecule has 3 rings (SSSR count). The third-order valence-corrected chi connectivity index (χ3v) is 5.08. The molecule has 2 saturated heterocycles. The molecule has 3 amide bonds. The average Bonchev–Trinajstić information content (AvgIpc) is 3.01. The van der Waals surface area contributed by atoms with Crippen LogP contribution in [0, 0.1) is 5.82 Å². The largest absolute Gasteiger partial charge is 0.386 e. The number of carbonyl (C=O) groups excluding carboxylic acids is 2. The number of amides is 3. The summed E-state index contributed by atoms with van der Waals surface area (Å²) in [6.07, 6.45) is -0.640. The van der Waals surface area contributed by atoms with Gasteiger partial charge in [0, 0.05) is 11.3 Å². The third kappa shape index (κ3) is 2.40. The number of hydrogen-bond donors (Lipinski definition) is 2. The zero-order valence-corrected chi connectivity index (χ0v) is 12.0. The fraction of sp³-hybridized carbons (Fsp3) is 0.429. The van der Waals surface area contributed by atoms with E-state index >= 15 is 0 Å². The van der Waals surface area contributed by atoms with Crippen LogP contribution in [0.1, 0.15) is 18.1 Å². The number of hydrogen-bond acceptors (Lipinski definition) is 4. The predicted molar refractivity (Wildman–Crippen MR) is 76.3 cm³/mol. The first-order chi connectivity index (χ1) is 10.0. The number of thioether (sulfide) groups is 1. The van der Waals surface area contributed by atoms with Crippen molar-refractivity contribution in [2.24, 2.45) is 0 Å². The number of aliphatic hydroxyl groups excluding tert-OH is 1. The van der Waals surface area contributed by atoms with Crippen molar-refractivity contribution in [3.05, 3.63) is 35.6 Å². The lowest BCUT2D eigenvalue weighted by molar-refractivity contribution is -0.131. The summed E-state index contributed by atoms with van der Waals surface area (Å²) in [5.41, 5.74) is -0.753. The number of aliphatic hydroxyl groups is 1. The van der Waals surface area contributed by atoms with Crippen molar-refractivity contribution in [3.8, 4) is 0 Å². The van der Waals surface area contributed by atoms with Gasteiger partial charge >= 0.3 is 6.03 Å². The highest BCUT2D eigenvalue weighted by Crippen LogP contribution is 2.34. The van der Waals surface area contributed by atoms with Gasteiger partial charge in [0.1, 0.15) is 11.4 Å². The molecule has 0 saturated carbocycles. The second-order valence-corrected chi connectivity index (χ2v) is 6.37. The summed E-state index contributed by atoms with van der Waals surface area (Å²) in [6.45, 7) is -0.238. The monoisotopic (exact) mass is 310 g/mol. The van der Waals surface area contributed by atoms with E-state index in [-0.39, 0.29) is 18.0 Å². The van der Waals surface area contributed by atoms with E-state index in [1.54, 1.807) is 17.8 Å². The summed E-state index contributed by atoms with van der Waals surface area (Å²) in [5, 5.41) is 12.8. The van der Waals surface area contributed by atoms with E-state index in [1.165, 1.54) is 18.2 Å². The van der Waals surface area contributed by atoms with Crippen LogP contribution in [-0.4, -0.2) is 45.5 Å². The van der Waals surface area contributed by atoms with E-state index in [2.05, 4.69) is 5.32 Å². The maximum Gasteiger partial charge on any atom is 0.325 e. The van der Waals surface area contributed by atoms with Crippen LogP contribution in [-0.2, 0) is 4.79 Å². The zero-order valence-electron chi connectivity index (χ0n) is 11.2. The first kappa shape index (κ1) is 14.3. The molecule has 2 aliphatic heterocycles. The lowest BCUT2D eigenvalue weighted by Gasteiger charge is -2.21. The Labute approximate surface area is 125 Å². The summed E-state index contributed by atoms with van der Waals surface area (Å²) in [6, 6.07) is 5.28. The van der Waals surface area contributed by atoms with Gasteiger partial charge in [-0.15, -0.1) is 0 Å². The number of imide groups is 1. The first-order valence-corrected chi connectivity index (χ1v) is 7.83. The van der Waals surface area contributed by atoms with Crippen LogP contribution in [0.3, 0.4) is 0 Å². The number of rotatable bonds is 3. The molecular formula is C14H15FN2O3S. The van der Waals surface area contributed by atoms with Crippen LogP contribution in [0.25, 0.3) is 0 Å². The van der Waals surface area contributed by atoms with Gasteiger partial charge in [0.05, 0.1) is 12.6 Å². The van der Waals surface area contributed by atoms with Crippen molar-refractivity contribution < 1.29 is 19.1 Å². The second kappa shape index (κ2) is 5.31. The zero-order chi connectivity index (χ0) is 15.0. The molecule has 2 N–H and O–H groups in total. The summed E-state index contributed by atoms with van der Waals surface area (Å²) >= 11 is 1.61. The highest BCUT2D eigenvalue weighted by Gasteiger charge is 2.53. The maximum absolute atomic E-state index is 13.6. The van der Waals surface area contributed by atoms with Crippen molar-refractivity contribution in [1.82, 2.24) is 10.2 Å². The van der Waals surface area contributed by atoms with Crippen molar-refractivity contribution in [3.63, 3.8) is 0 Å². The molecule has 1 aromatic rings. The van der Waals surface area contributed by atoms with Crippen LogP contribution in [0.4, 0.5) is 9.18 Å². The van der Waals surface area contributed by atoms with E-state index in [9.17, 15) is 19.1 Å². The Kier molecular flexibility index (Phi) is 3.62. The van der Waals surface area contributed by atoms with Gasteiger partial charge in [-0.05, 0) is 18.2 Å². The minimum absolute atomic E-state index is 0.0832. The second-order valence-electron chi connectivity index (χ2n) is 5.27. The molecule has 0 bridgehead atoms. The van der Waals surface area contributed by atoms with Gasteiger partial charge in [-0.2, -0.15) is 11.8 Å². The molecule has 2 fully saturated rings. The molecule has 1 spiro atoms. The summed E-state index contributed by atoms with van der Waals surface area (Å²) in [5.74, 6) is 0.482. The normalized spacial score (nSPS) is 26.5. The fourth-order valence-electron chi connectivity index (χ4n) is 2.69. The van der Waals surface area contributed by atoms with Gasteiger partial charge in [0.2, 0.25) is 0 Å². The molecule has 0 radical (unpaired) electrons. The third-order valence-electron chi connectivity index (χ3n) is 3.89. The molecular weight excluding hydrogens is 295 g/mol. The number of urea groups is 1. The lowest BCUT2D eigenvalue weighted by atomic mass is 9.99. The van der Waals surface area contributed by atoms with Crippen LogP contribution in [0.5, 0.6) is 0 Å². The van der Waals surface area contributed by atoms with E-state index in [0.29, 0.717) is 12.2 Å². The summed E-state index contributed by atoms with van der Waals surface area (Å²) in [4.78, 5) is 25.4. The highest BCUT2D eigenvalue weighted by atomic mass is 32.2. The van der Waals surface area contributed by atoms with E-state index < -0.39 is 23.5 Å². The van der Waals surface area contributed by atoms with Gasteiger partial charge in [-0.3, -0.25) is 9.69 Å². The van der Waals surface area contributed by atoms with Gasteiger partial charge in [-0.25, -0.2) is 9.18 Å². The average molecular weight is 310 g/mol. The molecule has 2 aliphatic rings. The molecule has 0 unspecified atom stereocenters. The van der Waals surface area contributed by atoms with E-state index in [4.69, 9.17) is 0 Å². The molecule has 1 aromatic carbocycles.